The fraction of sp³-hybridized carbons (Fsp3) is 0.300. The van der Waals surface area contributed by atoms with Crippen molar-refractivity contribution in [2.45, 2.75) is 6.10 Å². The predicted octanol–water partition coefficient (Wildman–Crippen LogP) is 0.815. The fourth-order valence-electron chi connectivity index (χ4n) is 1.06. The Bertz CT molecular complexity index is 386. The van der Waals surface area contributed by atoms with E-state index in [2.05, 4.69) is 15.9 Å². The molecule has 0 saturated heterocycles. The second-order valence-electron chi connectivity index (χ2n) is 3.15. The third-order valence-electron chi connectivity index (χ3n) is 1.85. The summed E-state index contributed by atoms with van der Waals surface area (Å²) >= 11 is 8.18. The Kier molecular flexibility index (Phi) is 5.14. The molecule has 0 heterocycles. The Morgan fingerprint density at radius 3 is 2.81 bits per heavy atom. The summed E-state index contributed by atoms with van der Waals surface area (Å²) < 4.78 is 6.15. The lowest BCUT2D eigenvalue weighted by Gasteiger charge is -2.13. The van der Waals surface area contributed by atoms with Gasteiger partial charge < -0.3 is 20.7 Å². The Morgan fingerprint density at radius 2 is 2.25 bits per heavy atom. The van der Waals surface area contributed by atoms with E-state index in [0.29, 0.717) is 11.3 Å². The van der Waals surface area contributed by atoms with Gasteiger partial charge in [-0.1, -0.05) is 28.1 Å². The maximum Gasteiger partial charge on any atom is 0.129 e. The maximum atomic E-state index is 9.15. The largest absolute Gasteiger partial charge is 0.490 e. The Hall–Kier alpha value is -0.690. The number of hydrogen-bond donors (Lipinski definition) is 3. The SMILES string of the molecule is NC(=S)c1cc(Br)ccc1OCC(O)CO. The summed E-state index contributed by atoms with van der Waals surface area (Å²) in [5, 5.41) is 17.8. The second-order valence-corrected chi connectivity index (χ2v) is 4.51. The zero-order chi connectivity index (χ0) is 12.1. The van der Waals surface area contributed by atoms with E-state index in [0.717, 1.165) is 4.47 Å². The van der Waals surface area contributed by atoms with E-state index < -0.39 is 6.10 Å². The first-order chi connectivity index (χ1) is 7.54. The van der Waals surface area contributed by atoms with Gasteiger partial charge in [0.1, 0.15) is 23.4 Å². The standard InChI is InChI=1S/C10H12BrNO3S/c11-6-1-2-9(8(3-6)10(12)16)15-5-7(14)4-13/h1-3,7,13-14H,4-5H2,(H2,12,16). The summed E-state index contributed by atoms with van der Waals surface area (Å²) in [5.41, 5.74) is 6.13. The molecule has 0 aliphatic heterocycles. The molecule has 4 N–H and O–H groups in total. The first-order valence-corrected chi connectivity index (χ1v) is 5.75. The first kappa shape index (κ1) is 13.4. The molecule has 16 heavy (non-hydrogen) atoms. The van der Waals surface area contributed by atoms with Crippen LogP contribution in [-0.4, -0.2) is 34.5 Å². The minimum absolute atomic E-state index is 0.00620. The Morgan fingerprint density at radius 1 is 1.56 bits per heavy atom. The summed E-state index contributed by atoms with van der Waals surface area (Å²) in [6.07, 6.45) is -0.914. The summed E-state index contributed by atoms with van der Waals surface area (Å²) in [7, 11) is 0. The molecule has 4 nitrogen and oxygen atoms in total. The van der Waals surface area contributed by atoms with Crippen molar-refractivity contribution in [3.63, 3.8) is 0 Å². The van der Waals surface area contributed by atoms with Crippen LogP contribution < -0.4 is 10.5 Å². The summed E-state index contributed by atoms with van der Waals surface area (Å²) in [5.74, 6) is 0.489. The lowest BCUT2D eigenvalue weighted by atomic mass is 10.2. The van der Waals surface area contributed by atoms with Crippen LogP contribution in [-0.2, 0) is 0 Å². The zero-order valence-corrected chi connectivity index (χ0v) is 10.8. The molecular weight excluding hydrogens is 294 g/mol. The van der Waals surface area contributed by atoms with Crippen molar-refractivity contribution >= 4 is 33.1 Å². The number of benzene rings is 1. The van der Waals surface area contributed by atoms with Crippen LogP contribution in [0, 0.1) is 0 Å². The van der Waals surface area contributed by atoms with E-state index in [1.807, 2.05) is 0 Å². The number of halogens is 1. The molecule has 0 aromatic heterocycles. The number of hydrogen-bond acceptors (Lipinski definition) is 4. The number of ether oxygens (including phenoxy) is 1. The van der Waals surface area contributed by atoms with E-state index in [4.69, 9.17) is 32.9 Å². The number of aliphatic hydroxyl groups excluding tert-OH is 2. The third kappa shape index (κ3) is 3.71. The van der Waals surface area contributed by atoms with Crippen molar-refractivity contribution in [3.05, 3.63) is 28.2 Å². The molecule has 1 aromatic carbocycles. The topological polar surface area (TPSA) is 75.7 Å². The van der Waals surface area contributed by atoms with Gasteiger partial charge in [0.05, 0.1) is 12.2 Å². The van der Waals surface area contributed by atoms with Gasteiger partial charge >= 0.3 is 0 Å². The van der Waals surface area contributed by atoms with Gasteiger partial charge in [-0.05, 0) is 18.2 Å². The molecular formula is C10H12BrNO3S. The molecule has 1 rings (SSSR count). The van der Waals surface area contributed by atoms with Crippen LogP contribution in [0.1, 0.15) is 5.56 Å². The summed E-state index contributed by atoms with van der Waals surface area (Å²) in [6, 6.07) is 5.22. The minimum atomic E-state index is -0.914. The Balaban J connectivity index is 2.82. The van der Waals surface area contributed by atoms with Crippen LogP contribution >= 0.6 is 28.1 Å². The predicted molar refractivity (Wildman–Crippen MR) is 68.6 cm³/mol. The van der Waals surface area contributed by atoms with Gasteiger partial charge in [-0.3, -0.25) is 0 Å². The molecule has 0 aliphatic carbocycles. The lowest BCUT2D eigenvalue weighted by Crippen LogP contribution is -2.22. The molecule has 0 aliphatic rings. The fourth-order valence-corrected chi connectivity index (χ4v) is 1.58. The van der Waals surface area contributed by atoms with Gasteiger partial charge in [0.15, 0.2) is 0 Å². The van der Waals surface area contributed by atoms with Crippen LogP contribution in [0.25, 0.3) is 0 Å². The van der Waals surface area contributed by atoms with Crippen LogP contribution in [0.15, 0.2) is 22.7 Å². The number of thiocarbonyl (C=S) groups is 1. The van der Waals surface area contributed by atoms with E-state index in [1.165, 1.54) is 0 Å². The van der Waals surface area contributed by atoms with Crippen LogP contribution in [0.3, 0.4) is 0 Å². The highest BCUT2D eigenvalue weighted by Gasteiger charge is 2.09. The first-order valence-electron chi connectivity index (χ1n) is 4.55. The monoisotopic (exact) mass is 305 g/mol. The van der Waals surface area contributed by atoms with Gasteiger partial charge in [-0.25, -0.2) is 0 Å². The normalized spacial score (nSPS) is 12.2. The van der Waals surface area contributed by atoms with Crippen molar-refractivity contribution in [2.24, 2.45) is 5.73 Å². The molecule has 6 heteroatoms. The van der Waals surface area contributed by atoms with Crippen molar-refractivity contribution < 1.29 is 14.9 Å². The second kappa shape index (κ2) is 6.15. The maximum absolute atomic E-state index is 9.15. The third-order valence-corrected chi connectivity index (χ3v) is 2.56. The van der Waals surface area contributed by atoms with E-state index in [-0.39, 0.29) is 18.2 Å². The van der Waals surface area contributed by atoms with Crippen LogP contribution in [0.4, 0.5) is 0 Å². The highest BCUT2D eigenvalue weighted by Crippen LogP contribution is 2.23. The average molecular weight is 306 g/mol. The summed E-state index contributed by atoms with van der Waals surface area (Å²) in [4.78, 5) is 0.217. The van der Waals surface area contributed by atoms with Crippen LogP contribution in [0.5, 0.6) is 5.75 Å². The molecule has 0 fully saturated rings. The minimum Gasteiger partial charge on any atom is -0.490 e. The zero-order valence-electron chi connectivity index (χ0n) is 8.39. The molecule has 0 amide bonds. The molecule has 0 saturated carbocycles. The van der Waals surface area contributed by atoms with Crippen LogP contribution in [0.2, 0.25) is 0 Å². The molecule has 1 aromatic rings. The molecule has 1 atom stereocenters. The lowest BCUT2D eigenvalue weighted by molar-refractivity contribution is 0.0535. The number of aliphatic hydroxyl groups is 2. The Labute approximate surface area is 107 Å². The quantitative estimate of drug-likeness (QED) is 0.702. The van der Waals surface area contributed by atoms with Gasteiger partial charge in [0.25, 0.3) is 0 Å². The van der Waals surface area contributed by atoms with E-state index in [1.54, 1.807) is 18.2 Å². The van der Waals surface area contributed by atoms with Gasteiger partial charge in [0.2, 0.25) is 0 Å². The van der Waals surface area contributed by atoms with Gasteiger partial charge in [-0.15, -0.1) is 0 Å². The number of rotatable bonds is 5. The van der Waals surface area contributed by atoms with E-state index in [9.17, 15) is 0 Å². The molecule has 0 bridgehead atoms. The van der Waals surface area contributed by atoms with Crippen molar-refractivity contribution in [3.8, 4) is 5.75 Å². The van der Waals surface area contributed by atoms with Crippen molar-refractivity contribution in [1.82, 2.24) is 0 Å². The molecule has 1 unspecified atom stereocenters. The van der Waals surface area contributed by atoms with E-state index >= 15 is 0 Å². The average Bonchev–Trinajstić information content (AvgIpc) is 2.26. The van der Waals surface area contributed by atoms with Crippen molar-refractivity contribution in [1.29, 1.82) is 0 Å². The highest BCUT2D eigenvalue weighted by molar-refractivity contribution is 9.10. The molecule has 88 valence electrons. The summed E-state index contributed by atoms with van der Waals surface area (Å²) in [6.45, 7) is -0.354. The number of nitrogens with two attached hydrogens (primary N) is 1. The molecule has 0 radical (unpaired) electrons. The highest BCUT2D eigenvalue weighted by atomic mass is 79.9. The van der Waals surface area contributed by atoms with Crippen molar-refractivity contribution in [2.75, 3.05) is 13.2 Å². The van der Waals surface area contributed by atoms with Gasteiger partial charge in [0, 0.05) is 4.47 Å². The molecule has 0 spiro atoms. The van der Waals surface area contributed by atoms with Gasteiger partial charge in [-0.2, -0.15) is 0 Å². The smallest absolute Gasteiger partial charge is 0.129 e.